The number of ether oxygens (including phenoxy) is 1. The summed E-state index contributed by atoms with van der Waals surface area (Å²) >= 11 is 0. The second-order valence-electron chi connectivity index (χ2n) is 8.36. The predicted molar refractivity (Wildman–Crippen MR) is 119 cm³/mol. The molecule has 0 bridgehead atoms. The molecule has 7 nitrogen and oxygen atoms in total. The van der Waals surface area contributed by atoms with Crippen molar-refractivity contribution in [3.63, 3.8) is 0 Å². The van der Waals surface area contributed by atoms with Crippen molar-refractivity contribution in [3.8, 4) is 11.8 Å². The molecule has 0 spiro atoms. The maximum absolute atomic E-state index is 13.3. The number of methoxy groups -OCH3 is 1. The van der Waals surface area contributed by atoms with Gasteiger partial charge in [0.15, 0.2) is 0 Å². The van der Waals surface area contributed by atoms with Crippen molar-refractivity contribution < 1.29 is 17.9 Å². The highest BCUT2D eigenvalue weighted by Crippen LogP contribution is 2.33. The minimum Gasteiger partial charge on any atom is -0.497 e. The topological polar surface area (TPSA) is 90.7 Å². The normalized spacial score (nSPS) is 17.5. The van der Waals surface area contributed by atoms with E-state index in [1.54, 1.807) is 7.11 Å². The molecule has 8 heteroatoms. The van der Waals surface area contributed by atoms with Gasteiger partial charge in [-0.3, -0.25) is 4.79 Å². The summed E-state index contributed by atoms with van der Waals surface area (Å²) in [5, 5.41) is 8.91. The lowest BCUT2D eigenvalue weighted by atomic mass is 9.96. The first-order valence-corrected chi connectivity index (χ1v) is 12.3. The zero-order valence-corrected chi connectivity index (χ0v) is 18.9. The fourth-order valence-corrected chi connectivity index (χ4v) is 5.60. The number of carbonyl (C=O) groups excluding carboxylic acids is 1. The molecule has 0 N–H and O–H groups in total. The highest BCUT2D eigenvalue weighted by molar-refractivity contribution is 7.89. The van der Waals surface area contributed by atoms with E-state index in [2.05, 4.69) is 0 Å². The molecule has 1 aliphatic heterocycles. The van der Waals surface area contributed by atoms with Crippen molar-refractivity contribution in [3.05, 3.63) is 59.7 Å². The van der Waals surface area contributed by atoms with Crippen LogP contribution in [0.2, 0.25) is 0 Å². The van der Waals surface area contributed by atoms with Crippen LogP contribution in [0.3, 0.4) is 0 Å². The van der Waals surface area contributed by atoms with Gasteiger partial charge in [0, 0.05) is 31.6 Å². The number of amides is 1. The van der Waals surface area contributed by atoms with Gasteiger partial charge in [0.05, 0.1) is 23.6 Å². The summed E-state index contributed by atoms with van der Waals surface area (Å²) in [6.45, 7) is 1.21. The summed E-state index contributed by atoms with van der Waals surface area (Å²) < 4.78 is 32.5. The fraction of sp³-hybridized carbons (Fsp3) is 0.417. The highest BCUT2D eigenvalue weighted by atomic mass is 32.2. The van der Waals surface area contributed by atoms with Crippen molar-refractivity contribution >= 4 is 15.9 Å². The summed E-state index contributed by atoms with van der Waals surface area (Å²) in [7, 11) is -2.00. The van der Waals surface area contributed by atoms with E-state index in [0.29, 0.717) is 38.0 Å². The van der Waals surface area contributed by atoms with Crippen LogP contribution in [-0.2, 0) is 21.4 Å². The van der Waals surface area contributed by atoms with Crippen molar-refractivity contribution in [2.24, 2.45) is 5.92 Å². The van der Waals surface area contributed by atoms with Crippen LogP contribution in [0.15, 0.2) is 53.4 Å². The van der Waals surface area contributed by atoms with Gasteiger partial charge in [0.1, 0.15) is 5.75 Å². The second-order valence-corrected chi connectivity index (χ2v) is 10.3. The average Bonchev–Trinajstić information content (AvgIpc) is 3.68. The SMILES string of the molecule is COc1ccc(CN(C(=O)C2CCN(S(=O)(=O)c3ccc(C#N)cc3)CC2)C2CC2)cc1. The Balaban J connectivity index is 1.39. The number of piperidine rings is 1. The zero-order chi connectivity index (χ0) is 22.7. The largest absolute Gasteiger partial charge is 0.497 e. The Kier molecular flexibility index (Phi) is 6.49. The van der Waals surface area contributed by atoms with Gasteiger partial charge in [0.25, 0.3) is 0 Å². The van der Waals surface area contributed by atoms with E-state index in [4.69, 9.17) is 10.00 Å². The Morgan fingerprint density at radius 3 is 2.22 bits per heavy atom. The predicted octanol–water partition coefficient (Wildman–Crippen LogP) is 3.16. The van der Waals surface area contributed by atoms with Crippen LogP contribution >= 0.6 is 0 Å². The molecule has 1 amide bonds. The standard InChI is InChI=1S/C24H27N3O4S/c1-31-22-8-2-19(3-9-22)17-27(21-6-7-21)24(28)20-12-14-26(15-13-20)32(29,30)23-10-4-18(16-25)5-11-23/h2-5,8-11,20-21H,6-7,12-15,17H2,1H3. The van der Waals surface area contributed by atoms with E-state index >= 15 is 0 Å². The molecular weight excluding hydrogens is 426 g/mol. The molecule has 4 rings (SSSR count). The van der Waals surface area contributed by atoms with Crippen molar-refractivity contribution in [2.75, 3.05) is 20.2 Å². The Bertz CT molecular complexity index is 1100. The van der Waals surface area contributed by atoms with Crippen LogP contribution in [0.5, 0.6) is 5.75 Å². The van der Waals surface area contributed by atoms with Gasteiger partial charge in [-0.2, -0.15) is 9.57 Å². The highest BCUT2D eigenvalue weighted by Gasteiger charge is 2.38. The fourth-order valence-electron chi connectivity index (χ4n) is 4.13. The summed E-state index contributed by atoms with van der Waals surface area (Å²) in [6.07, 6.45) is 3.07. The van der Waals surface area contributed by atoms with Crippen LogP contribution < -0.4 is 4.74 Å². The molecule has 1 saturated carbocycles. The zero-order valence-electron chi connectivity index (χ0n) is 18.1. The minimum absolute atomic E-state index is 0.124. The van der Waals surface area contributed by atoms with E-state index in [1.165, 1.54) is 28.6 Å². The minimum atomic E-state index is -3.63. The monoisotopic (exact) mass is 453 g/mol. The van der Waals surface area contributed by atoms with Gasteiger partial charge in [-0.1, -0.05) is 12.1 Å². The van der Waals surface area contributed by atoms with Gasteiger partial charge >= 0.3 is 0 Å². The lowest BCUT2D eigenvalue weighted by molar-refractivity contribution is -0.138. The first-order chi connectivity index (χ1) is 15.4. The van der Waals surface area contributed by atoms with Gasteiger partial charge in [-0.05, 0) is 67.6 Å². The molecule has 1 saturated heterocycles. The molecule has 1 heterocycles. The number of carbonyl (C=O) groups is 1. The molecule has 168 valence electrons. The van der Waals surface area contributed by atoms with Crippen LogP contribution in [-0.4, -0.2) is 49.8 Å². The molecule has 0 atom stereocenters. The number of nitriles is 1. The smallest absolute Gasteiger partial charge is 0.243 e. The molecular formula is C24H27N3O4S. The van der Waals surface area contributed by atoms with Crippen LogP contribution in [0, 0.1) is 17.2 Å². The first kappa shape index (κ1) is 22.3. The van der Waals surface area contributed by atoms with Gasteiger partial charge in [-0.15, -0.1) is 0 Å². The maximum Gasteiger partial charge on any atom is 0.243 e. The van der Waals surface area contributed by atoms with Crippen molar-refractivity contribution in [2.45, 2.75) is 43.2 Å². The molecule has 2 aromatic rings. The van der Waals surface area contributed by atoms with Crippen LogP contribution in [0.1, 0.15) is 36.8 Å². The van der Waals surface area contributed by atoms with Gasteiger partial charge in [-0.25, -0.2) is 8.42 Å². The summed E-state index contributed by atoms with van der Waals surface area (Å²) in [4.78, 5) is 15.5. The Morgan fingerprint density at radius 1 is 1.06 bits per heavy atom. The van der Waals surface area contributed by atoms with E-state index in [9.17, 15) is 13.2 Å². The van der Waals surface area contributed by atoms with Crippen LogP contribution in [0.25, 0.3) is 0 Å². The Morgan fingerprint density at radius 2 is 1.69 bits per heavy atom. The average molecular weight is 454 g/mol. The first-order valence-electron chi connectivity index (χ1n) is 10.9. The molecule has 1 aliphatic carbocycles. The number of sulfonamides is 1. The van der Waals surface area contributed by atoms with Gasteiger partial charge in [0.2, 0.25) is 15.9 Å². The summed E-state index contributed by atoms with van der Waals surface area (Å²) in [5.41, 5.74) is 1.48. The van der Waals surface area contributed by atoms with Gasteiger partial charge < -0.3 is 9.64 Å². The van der Waals surface area contributed by atoms with E-state index in [0.717, 1.165) is 24.2 Å². The molecule has 2 fully saturated rings. The third-order valence-corrected chi connectivity index (χ3v) is 8.12. The maximum atomic E-state index is 13.3. The number of rotatable bonds is 7. The van der Waals surface area contributed by atoms with E-state index in [-0.39, 0.29) is 22.8 Å². The Hall–Kier alpha value is -2.89. The summed E-state index contributed by atoms with van der Waals surface area (Å²) in [5.74, 6) is 0.744. The molecule has 2 aliphatic rings. The lowest BCUT2D eigenvalue weighted by Gasteiger charge is -2.34. The third kappa shape index (κ3) is 4.79. The molecule has 0 radical (unpaired) electrons. The second kappa shape index (κ2) is 9.31. The number of nitrogens with zero attached hydrogens (tertiary/aromatic N) is 3. The molecule has 32 heavy (non-hydrogen) atoms. The van der Waals surface area contributed by atoms with Crippen LogP contribution in [0.4, 0.5) is 0 Å². The summed E-state index contributed by atoms with van der Waals surface area (Å²) in [6, 6.07) is 16.0. The lowest BCUT2D eigenvalue weighted by Crippen LogP contribution is -2.44. The van der Waals surface area contributed by atoms with E-state index < -0.39 is 10.0 Å². The van der Waals surface area contributed by atoms with E-state index in [1.807, 2.05) is 35.2 Å². The molecule has 2 aromatic carbocycles. The quantitative estimate of drug-likeness (QED) is 0.642. The molecule has 0 aromatic heterocycles. The van der Waals surface area contributed by atoms with Crippen molar-refractivity contribution in [1.82, 2.24) is 9.21 Å². The Labute approximate surface area is 189 Å². The number of benzene rings is 2. The number of hydrogen-bond donors (Lipinski definition) is 0. The third-order valence-electron chi connectivity index (χ3n) is 6.21. The van der Waals surface area contributed by atoms with Crippen molar-refractivity contribution in [1.29, 1.82) is 5.26 Å². The number of hydrogen-bond acceptors (Lipinski definition) is 5. The molecule has 0 unspecified atom stereocenters.